The van der Waals surface area contributed by atoms with Crippen LogP contribution in [0.2, 0.25) is 10.0 Å². The SMILES string of the molecule is CC[C@H](C)[C@H]1O[C@]2(C=C[C@@H]1C)C[C@@H]1C[C@@H](C/C=C(\C)[C@@H](OC(=O)c3ccc(Cl)cc3)[C@@H](C)/C=C/C=C3\CO[C@@H]4[C@H](OC(=O)c5ccc(Cl)cc5)C(C)=C[C@@H](C(=O)O1)[C@]34O)O2. The molecule has 10 nitrogen and oxygen atoms in total. The molecule has 1 N–H and O–H groups in total. The first kappa shape index (κ1) is 44.0. The number of rotatable bonds is 6. The number of benzene rings is 2. The molecule has 0 amide bonds. The van der Waals surface area contributed by atoms with E-state index in [0.717, 1.165) is 12.0 Å². The lowest BCUT2D eigenvalue weighted by Gasteiger charge is -2.48. The number of esters is 3. The molecule has 4 heterocycles. The Kier molecular flexibility index (Phi) is 13.3. The van der Waals surface area contributed by atoms with Crippen molar-refractivity contribution in [3.8, 4) is 0 Å². The van der Waals surface area contributed by atoms with Crippen molar-refractivity contribution >= 4 is 41.1 Å². The van der Waals surface area contributed by atoms with Gasteiger partial charge in [-0.2, -0.15) is 0 Å². The first-order chi connectivity index (χ1) is 28.6. The molecule has 0 aromatic heterocycles. The van der Waals surface area contributed by atoms with E-state index in [1.54, 1.807) is 73.7 Å². The van der Waals surface area contributed by atoms with Gasteiger partial charge in [-0.15, -0.1) is 0 Å². The van der Waals surface area contributed by atoms with E-state index in [-0.39, 0.29) is 42.4 Å². The van der Waals surface area contributed by atoms with E-state index < -0.39 is 65.7 Å². The number of ether oxygens (including phenoxy) is 6. The fourth-order valence-corrected chi connectivity index (χ4v) is 9.27. The summed E-state index contributed by atoms with van der Waals surface area (Å²) < 4.78 is 38.6. The Hall–Kier alpha value is -4.03. The fourth-order valence-electron chi connectivity index (χ4n) is 9.02. The predicted molar refractivity (Wildman–Crippen MR) is 227 cm³/mol. The van der Waals surface area contributed by atoms with Crippen molar-refractivity contribution in [2.75, 3.05) is 6.61 Å². The standard InChI is InChI=1S/C48H54Cl2O10/c1-7-27(2)41-30(5)21-22-47(60-41)25-38-24-37(59-47)20-11-29(4)40(57-44(51)32-12-16-35(49)17-13-32)28(3)9-8-10-34-26-55-43-42(58-45(52)33-14-18-36(50)19-15-33)31(6)23-39(46(53)56-38)48(34,43)54/h8-19,21-23,27-28,30,37-43,54H,7,20,24-26H2,1-6H3/b9-8+,29-11+,34-10+/t27-,28-,30-,37+,38-,39-,40-,41+,42+,43+,47+,48+/m0/s1. The first-order valence-electron chi connectivity index (χ1n) is 20.9. The van der Waals surface area contributed by atoms with Gasteiger partial charge in [-0.3, -0.25) is 4.79 Å². The molecule has 0 saturated carbocycles. The average molecular weight is 862 g/mol. The molecule has 2 fully saturated rings. The molecule has 0 unspecified atom stereocenters. The van der Waals surface area contributed by atoms with E-state index in [2.05, 4.69) is 26.8 Å². The zero-order valence-electron chi connectivity index (χ0n) is 34.8. The van der Waals surface area contributed by atoms with Crippen LogP contribution in [0.4, 0.5) is 0 Å². The van der Waals surface area contributed by atoms with Crippen molar-refractivity contribution in [3.05, 3.63) is 129 Å². The van der Waals surface area contributed by atoms with Crippen molar-refractivity contribution in [1.29, 1.82) is 0 Å². The van der Waals surface area contributed by atoms with Crippen molar-refractivity contribution in [2.45, 2.75) is 115 Å². The van der Waals surface area contributed by atoms with Gasteiger partial charge in [0.1, 0.15) is 29.8 Å². The number of aliphatic hydroxyl groups is 1. The topological polar surface area (TPSA) is 127 Å². The Labute approximate surface area is 362 Å². The second-order valence-corrected chi connectivity index (χ2v) is 17.8. The predicted octanol–water partition coefficient (Wildman–Crippen LogP) is 9.34. The quantitative estimate of drug-likeness (QED) is 0.171. The zero-order chi connectivity index (χ0) is 42.9. The van der Waals surface area contributed by atoms with E-state index in [1.165, 1.54) is 0 Å². The summed E-state index contributed by atoms with van der Waals surface area (Å²) in [7, 11) is 0. The summed E-state index contributed by atoms with van der Waals surface area (Å²) in [6.07, 6.45) is 10.9. The Morgan fingerprint density at radius 2 is 1.52 bits per heavy atom. The molecule has 5 aliphatic rings. The van der Waals surface area contributed by atoms with Crippen molar-refractivity contribution in [3.63, 3.8) is 0 Å². The third-order valence-electron chi connectivity index (χ3n) is 12.6. The van der Waals surface area contributed by atoms with Gasteiger partial charge in [-0.1, -0.05) is 93.8 Å². The van der Waals surface area contributed by atoms with Crippen molar-refractivity contribution in [1.82, 2.24) is 0 Å². The number of allylic oxidation sites excluding steroid dienone is 2. The van der Waals surface area contributed by atoms with Gasteiger partial charge < -0.3 is 33.5 Å². The Balaban J connectivity index is 1.28. The van der Waals surface area contributed by atoms with Crippen LogP contribution in [0.5, 0.6) is 0 Å². The maximum Gasteiger partial charge on any atom is 0.338 e. The largest absolute Gasteiger partial charge is 0.462 e. The third kappa shape index (κ3) is 9.10. The van der Waals surface area contributed by atoms with Gasteiger partial charge in [0.05, 0.1) is 29.9 Å². The number of carbonyl (C=O) groups excluding carboxylic acids is 3. The summed E-state index contributed by atoms with van der Waals surface area (Å²) in [5.41, 5.74) is 0.410. The highest BCUT2D eigenvalue weighted by Crippen LogP contribution is 2.48. The summed E-state index contributed by atoms with van der Waals surface area (Å²) in [5, 5.41) is 13.9. The first-order valence-corrected chi connectivity index (χ1v) is 21.6. The molecule has 4 aliphatic heterocycles. The molecule has 0 radical (unpaired) electrons. The molecule has 1 spiro atoms. The third-order valence-corrected chi connectivity index (χ3v) is 13.1. The van der Waals surface area contributed by atoms with Crippen LogP contribution < -0.4 is 0 Å². The molecule has 2 bridgehead atoms. The van der Waals surface area contributed by atoms with Gasteiger partial charge in [0.25, 0.3) is 0 Å². The monoisotopic (exact) mass is 860 g/mol. The Bertz CT molecular complexity index is 2090. The summed E-state index contributed by atoms with van der Waals surface area (Å²) in [6, 6.07) is 12.8. The highest BCUT2D eigenvalue weighted by atomic mass is 35.5. The maximum absolute atomic E-state index is 14.6. The Morgan fingerprint density at radius 1 is 0.883 bits per heavy atom. The van der Waals surface area contributed by atoms with Crippen LogP contribution in [0.1, 0.15) is 87.9 Å². The average Bonchev–Trinajstić information content (AvgIpc) is 3.56. The minimum atomic E-state index is -1.96. The molecule has 12 heteroatoms. The van der Waals surface area contributed by atoms with Gasteiger partial charge in [0.15, 0.2) is 11.9 Å². The molecular weight excluding hydrogens is 807 g/mol. The number of hydrogen-bond acceptors (Lipinski definition) is 10. The van der Waals surface area contributed by atoms with Crippen LogP contribution in [0, 0.1) is 23.7 Å². The molecule has 2 aromatic carbocycles. The zero-order valence-corrected chi connectivity index (χ0v) is 36.4. The van der Waals surface area contributed by atoms with Gasteiger partial charge >= 0.3 is 17.9 Å². The lowest BCUT2D eigenvalue weighted by molar-refractivity contribution is -0.300. The molecule has 7 rings (SSSR count). The molecule has 12 atom stereocenters. The van der Waals surface area contributed by atoms with Gasteiger partial charge in [-0.05, 0) is 97.5 Å². The summed E-state index contributed by atoms with van der Waals surface area (Å²) >= 11 is 12.2. The minimum absolute atomic E-state index is 0.0516. The summed E-state index contributed by atoms with van der Waals surface area (Å²) in [5.74, 6) is -4.11. The lowest BCUT2D eigenvalue weighted by Crippen LogP contribution is -2.59. The van der Waals surface area contributed by atoms with Crippen LogP contribution in [0.3, 0.4) is 0 Å². The number of carbonyl (C=O) groups is 3. The maximum atomic E-state index is 14.6. The highest BCUT2D eigenvalue weighted by Gasteiger charge is 2.61. The van der Waals surface area contributed by atoms with Crippen LogP contribution in [0.15, 0.2) is 108 Å². The lowest BCUT2D eigenvalue weighted by atomic mass is 9.70. The van der Waals surface area contributed by atoms with Gasteiger partial charge in [0, 0.05) is 34.7 Å². The summed E-state index contributed by atoms with van der Waals surface area (Å²) in [4.78, 5) is 41.6. The van der Waals surface area contributed by atoms with Crippen LogP contribution in [-0.2, 0) is 33.2 Å². The van der Waals surface area contributed by atoms with E-state index >= 15 is 0 Å². The number of halogens is 2. The smallest absolute Gasteiger partial charge is 0.338 e. The molecule has 2 aromatic rings. The van der Waals surface area contributed by atoms with Crippen LogP contribution in [-0.4, -0.2) is 77.6 Å². The molecule has 320 valence electrons. The van der Waals surface area contributed by atoms with E-state index in [1.807, 2.05) is 32.1 Å². The number of fused-ring (bicyclic) bond motifs is 2. The molecule has 60 heavy (non-hydrogen) atoms. The van der Waals surface area contributed by atoms with Gasteiger partial charge in [-0.25, -0.2) is 9.59 Å². The minimum Gasteiger partial charge on any atom is -0.462 e. The second kappa shape index (κ2) is 18.1. The molecule has 1 aliphatic carbocycles. The molecular formula is C48H54Cl2O10. The van der Waals surface area contributed by atoms with Gasteiger partial charge in [0.2, 0.25) is 0 Å². The van der Waals surface area contributed by atoms with Crippen molar-refractivity contribution < 1.29 is 47.9 Å². The normalized spacial score (nSPS) is 37.0. The summed E-state index contributed by atoms with van der Waals surface area (Å²) in [6.45, 7) is 12.0. The highest BCUT2D eigenvalue weighted by molar-refractivity contribution is 6.31. The second-order valence-electron chi connectivity index (χ2n) is 17.0. The molecule has 2 saturated heterocycles. The van der Waals surface area contributed by atoms with Crippen LogP contribution >= 0.6 is 23.2 Å². The van der Waals surface area contributed by atoms with E-state index in [0.29, 0.717) is 39.6 Å². The van der Waals surface area contributed by atoms with E-state index in [4.69, 9.17) is 51.6 Å². The number of hydrogen-bond donors (Lipinski definition) is 1. The van der Waals surface area contributed by atoms with E-state index in [9.17, 15) is 19.5 Å². The fraction of sp³-hybridized carbons (Fsp3) is 0.479. The van der Waals surface area contributed by atoms with Crippen LogP contribution in [0.25, 0.3) is 0 Å². The van der Waals surface area contributed by atoms with Crippen molar-refractivity contribution in [2.24, 2.45) is 23.7 Å². The Morgan fingerprint density at radius 3 is 2.15 bits per heavy atom.